The van der Waals surface area contributed by atoms with E-state index in [9.17, 15) is 14.3 Å². The molecule has 0 spiro atoms. The van der Waals surface area contributed by atoms with Gasteiger partial charge >= 0.3 is 0 Å². The van der Waals surface area contributed by atoms with Gasteiger partial charge in [0.2, 0.25) is 0 Å². The van der Waals surface area contributed by atoms with Crippen molar-refractivity contribution in [2.75, 3.05) is 7.05 Å². The lowest BCUT2D eigenvalue weighted by molar-refractivity contribution is 0.0782. The number of hydrogen-bond acceptors (Lipinski definition) is 2. The Hall–Kier alpha value is -1.88. The number of carbonyl (C=O) groups is 1. The topological polar surface area (TPSA) is 40.5 Å². The summed E-state index contributed by atoms with van der Waals surface area (Å²) in [4.78, 5) is 13.7. The van der Waals surface area contributed by atoms with Crippen molar-refractivity contribution in [1.82, 2.24) is 4.90 Å². The van der Waals surface area contributed by atoms with Gasteiger partial charge < -0.3 is 10.0 Å². The molecule has 104 valence electrons. The summed E-state index contributed by atoms with van der Waals surface area (Å²) in [7, 11) is 1.61. The number of carbonyl (C=O) groups excluding carboxylic acids is 1. The van der Waals surface area contributed by atoms with Crippen molar-refractivity contribution >= 4 is 21.8 Å². The number of amides is 1. The first-order valence-corrected chi connectivity index (χ1v) is 6.75. The summed E-state index contributed by atoms with van der Waals surface area (Å²) in [5, 5.41) is 9.78. The molecule has 0 aromatic heterocycles. The average Bonchev–Trinajstić information content (AvgIpc) is 2.38. The number of benzene rings is 2. The standard InChI is InChI=1S/C15H13BrFNO2/c1-18(9-10-3-2-4-12(17)7-10)15(20)13-6-5-11(16)8-14(13)19/h2-8,19H,9H2,1H3. The molecule has 1 amide bonds. The van der Waals surface area contributed by atoms with Gasteiger partial charge in [-0.3, -0.25) is 4.79 Å². The van der Waals surface area contributed by atoms with E-state index in [-0.39, 0.29) is 29.6 Å². The summed E-state index contributed by atoms with van der Waals surface area (Å²) in [6.07, 6.45) is 0. The fraction of sp³-hybridized carbons (Fsp3) is 0.133. The largest absolute Gasteiger partial charge is 0.507 e. The Morgan fingerprint density at radius 1 is 1.30 bits per heavy atom. The Morgan fingerprint density at radius 3 is 2.70 bits per heavy atom. The zero-order chi connectivity index (χ0) is 14.7. The molecule has 2 aromatic carbocycles. The van der Waals surface area contributed by atoms with Crippen LogP contribution in [0.25, 0.3) is 0 Å². The van der Waals surface area contributed by atoms with Crippen molar-refractivity contribution in [1.29, 1.82) is 0 Å². The maximum atomic E-state index is 13.1. The van der Waals surface area contributed by atoms with Crippen LogP contribution >= 0.6 is 15.9 Å². The Balaban J connectivity index is 2.16. The van der Waals surface area contributed by atoms with E-state index in [1.54, 1.807) is 31.3 Å². The van der Waals surface area contributed by atoms with Crippen molar-refractivity contribution in [3.8, 4) is 5.75 Å². The van der Waals surface area contributed by atoms with Gasteiger partial charge in [-0.2, -0.15) is 0 Å². The SMILES string of the molecule is CN(Cc1cccc(F)c1)C(=O)c1ccc(Br)cc1O. The van der Waals surface area contributed by atoms with Crippen LogP contribution in [0.3, 0.4) is 0 Å². The normalized spacial score (nSPS) is 10.3. The molecular weight excluding hydrogens is 325 g/mol. The summed E-state index contributed by atoms with van der Waals surface area (Å²) in [6.45, 7) is 0.270. The molecule has 0 radical (unpaired) electrons. The van der Waals surface area contributed by atoms with Crippen LogP contribution in [-0.2, 0) is 6.54 Å². The van der Waals surface area contributed by atoms with Gasteiger partial charge in [-0.05, 0) is 35.9 Å². The molecule has 2 aromatic rings. The Morgan fingerprint density at radius 2 is 2.05 bits per heavy atom. The second kappa shape index (κ2) is 6.05. The number of nitrogens with zero attached hydrogens (tertiary/aromatic N) is 1. The maximum absolute atomic E-state index is 13.1. The van der Waals surface area contributed by atoms with E-state index in [1.807, 2.05) is 0 Å². The molecule has 3 nitrogen and oxygen atoms in total. The van der Waals surface area contributed by atoms with Gasteiger partial charge in [-0.25, -0.2) is 4.39 Å². The fourth-order valence-electron chi connectivity index (χ4n) is 1.87. The van der Waals surface area contributed by atoms with Crippen molar-refractivity contribution < 1.29 is 14.3 Å². The molecule has 0 unspecified atom stereocenters. The van der Waals surface area contributed by atoms with Crippen LogP contribution < -0.4 is 0 Å². The molecule has 0 heterocycles. The first-order chi connectivity index (χ1) is 9.47. The van der Waals surface area contributed by atoms with Crippen molar-refractivity contribution in [2.24, 2.45) is 0 Å². The van der Waals surface area contributed by atoms with Crippen LogP contribution in [0.5, 0.6) is 5.75 Å². The molecule has 5 heteroatoms. The van der Waals surface area contributed by atoms with E-state index in [4.69, 9.17) is 0 Å². The van der Waals surface area contributed by atoms with Crippen LogP contribution in [0.4, 0.5) is 4.39 Å². The third kappa shape index (κ3) is 3.36. The van der Waals surface area contributed by atoms with Crippen molar-refractivity contribution in [3.63, 3.8) is 0 Å². The molecule has 0 bridgehead atoms. The lowest BCUT2D eigenvalue weighted by atomic mass is 10.1. The highest BCUT2D eigenvalue weighted by atomic mass is 79.9. The van der Waals surface area contributed by atoms with E-state index < -0.39 is 0 Å². The summed E-state index contributed by atoms with van der Waals surface area (Å²) >= 11 is 3.22. The molecule has 2 rings (SSSR count). The zero-order valence-corrected chi connectivity index (χ0v) is 12.4. The number of phenolic OH excluding ortho intramolecular Hbond substituents is 1. The van der Waals surface area contributed by atoms with E-state index in [1.165, 1.54) is 23.1 Å². The van der Waals surface area contributed by atoms with Crippen LogP contribution in [0.1, 0.15) is 15.9 Å². The van der Waals surface area contributed by atoms with Gasteiger partial charge in [0, 0.05) is 18.1 Å². The number of hydrogen-bond donors (Lipinski definition) is 1. The molecule has 0 aliphatic carbocycles. The highest BCUT2D eigenvalue weighted by Gasteiger charge is 2.16. The third-order valence-electron chi connectivity index (χ3n) is 2.85. The van der Waals surface area contributed by atoms with E-state index in [2.05, 4.69) is 15.9 Å². The van der Waals surface area contributed by atoms with Gasteiger partial charge in [-0.15, -0.1) is 0 Å². The van der Waals surface area contributed by atoms with Crippen LogP contribution in [-0.4, -0.2) is 23.0 Å². The van der Waals surface area contributed by atoms with Crippen LogP contribution in [0.15, 0.2) is 46.9 Å². The first kappa shape index (κ1) is 14.5. The molecule has 20 heavy (non-hydrogen) atoms. The molecular formula is C15H13BrFNO2. The number of phenols is 1. The number of halogens is 2. The smallest absolute Gasteiger partial charge is 0.257 e. The predicted molar refractivity (Wildman–Crippen MR) is 78.0 cm³/mol. The van der Waals surface area contributed by atoms with Crippen molar-refractivity contribution in [3.05, 3.63) is 63.9 Å². The summed E-state index contributed by atoms with van der Waals surface area (Å²) < 4.78 is 13.8. The molecule has 0 saturated carbocycles. The Kier molecular flexibility index (Phi) is 4.39. The van der Waals surface area contributed by atoms with E-state index in [0.717, 1.165) is 0 Å². The third-order valence-corrected chi connectivity index (χ3v) is 3.34. The second-order valence-electron chi connectivity index (χ2n) is 4.45. The van der Waals surface area contributed by atoms with E-state index >= 15 is 0 Å². The highest BCUT2D eigenvalue weighted by Crippen LogP contribution is 2.23. The number of rotatable bonds is 3. The second-order valence-corrected chi connectivity index (χ2v) is 5.37. The van der Waals surface area contributed by atoms with Gasteiger partial charge in [0.1, 0.15) is 11.6 Å². The van der Waals surface area contributed by atoms with Gasteiger partial charge in [0.05, 0.1) is 5.56 Å². The van der Waals surface area contributed by atoms with Gasteiger partial charge in [0.25, 0.3) is 5.91 Å². The van der Waals surface area contributed by atoms with Crippen LogP contribution in [0.2, 0.25) is 0 Å². The maximum Gasteiger partial charge on any atom is 0.257 e. The Labute approximate surface area is 124 Å². The molecule has 0 saturated heterocycles. The molecule has 0 aliphatic heterocycles. The first-order valence-electron chi connectivity index (χ1n) is 5.96. The lowest BCUT2D eigenvalue weighted by Gasteiger charge is -2.18. The zero-order valence-electron chi connectivity index (χ0n) is 10.8. The van der Waals surface area contributed by atoms with Crippen molar-refractivity contribution in [2.45, 2.75) is 6.54 Å². The summed E-state index contributed by atoms with van der Waals surface area (Å²) in [5.41, 5.74) is 0.907. The minimum Gasteiger partial charge on any atom is -0.507 e. The lowest BCUT2D eigenvalue weighted by Crippen LogP contribution is -2.26. The van der Waals surface area contributed by atoms with Gasteiger partial charge in [0.15, 0.2) is 0 Å². The fourth-order valence-corrected chi connectivity index (χ4v) is 2.22. The highest BCUT2D eigenvalue weighted by molar-refractivity contribution is 9.10. The molecule has 0 fully saturated rings. The summed E-state index contributed by atoms with van der Waals surface area (Å²) in [6, 6.07) is 10.8. The minimum atomic E-state index is -0.338. The molecule has 0 atom stereocenters. The molecule has 1 N–H and O–H groups in total. The average molecular weight is 338 g/mol. The van der Waals surface area contributed by atoms with E-state index in [0.29, 0.717) is 10.0 Å². The molecule has 0 aliphatic rings. The van der Waals surface area contributed by atoms with Crippen LogP contribution in [0, 0.1) is 5.82 Å². The Bertz CT molecular complexity index is 646. The minimum absolute atomic E-state index is 0.0875. The monoisotopic (exact) mass is 337 g/mol. The summed E-state index contributed by atoms with van der Waals surface area (Å²) in [5.74, 6) is -0.746. The van der Waals surface area contributed by atoms with Gasteiger partial charge in [-0.1, -0.05) is 28.1 Å². The quantitative estimate of drug-likeness (QED) is 0.930. The number of aromatic hydroxyl groups is 1. The predicted octanol–water partition coefficient (Wildman–Crippen LogP) is 3.57.